The van der Waals surface area contributed by atoms with Crippen molar-refractivity contribution in [2.24, 2.45) is 0 Å². The van der Waals surface area contributed by atoms with Crippen LogP contribution in [-0.4, -0.2) is 5.54 Å². The average Bonchev–Trinajstić information content (AvgIpc) is 2.61. The SMILES string of the molecule is Cc1cc(C)c2c(C)c(CNC(C)(C)C)oc2c1C. The lowest BCUT2D eigenvalue weighted by molar-refractivity contribution is 0.393. The summed E-state index contributed by atoms with van der Waals surface area (Å²) in [5.74, 6) is 1.06. The van der Waals surface area contributed by atoms with Gasteiger partial charge in [-0.3, -0.25) is 0 Å². The predicted octanol–water partition coefficient (Wildman–Crippen LogP) is 4.55. The summed E-state index contributed by atoms with van der Waals surface area (Å²) in [5.41, 5.74) is 6.29. The van der Waals surface area contributed by atoms with Crippen molar-refractivity contribution in [2.45, 2.75) is 60.5 Å². The molecule has 0 atom stereocenters. The third-order valence-electron chi connectivity index (χ3n) is 3.78. The summed E-state index contributed by atoms with van der Waals surface area (Å²) in [4.78, 5) is 0. The average molecular weight is 259 g/mol. The highest BCUT2D eigenvalue weighted by molar-refractivity contribution is 5.88. The molecule has 2 rings (SSSR count). The predicted molar refractivity (Wildman–Crippen MR) is 81.8 cm³/mol. The summed E-state index contributed by atoms with van der Waals surface area (Å²) in [6.07, 6.45) is 0. The molecule has 2 aromatic rings. The van der Waals surface area contributed by atoms with Gasteiger partial charge in [-0.25, -0.2) is 0 Å². The molecule has 0 radical (unpaired) electrons. The number of nitrogens with one attached hydrogen (secondary N) is 1. The molecule has 0 saturated carbocycles. The van der Waals surface area contributed by atoms with Crippen LogP contribution in [0.25, 0.3) is 11.0 Å². The van der Waals surface area contributed by atoms with E-state index in [1.807, 2.05) is 0 Å². The first-order valence-corrected chi connectivity index (χ1v) is 6.94. The lowest BCUT2D eigenvalue weighted by Crippen LogP contribution is -2.35. The Labute approximate surface area is 116 Å². The fraction of sp³-hybridized carbons (Fsp3) is 0.529. The Morgan fingerprint density at radius 3 is 2.21 bits per heavy atom. The number of rotatable bonds is 2. The number of aryl methyl sites for hydroxylation is 4. The number of hydrogen-bond donors (Lipinski definition) is 1. The Morgan fingerprint density at radius 1 is 1.00 bits per heavy atom. The molecule has 0 aliphatic carbocycles. The van der Waals surface area contributed by atoms with Gasteiger partial charge in [-0.15, -0.1) is 0 Å². The molecule has 0 unspecified atom stereocenters. The standard InChI is InChI=1S/C17H25NO/c1-10-8-11(2)15-13(4)14(9-18-17(5,6)7)19-16(15)12(10)3/h8,18H,9H2,1-7H3. The fourth-order valence-electron chi connectivity index (χ4n) is 2.50. The minimum atomic E-state index is 0.103. The Balaban J connectivity index is 2.51. The molecule has 1 N–H and O–H groups in total. The third-order valence-corrected chi connectivity index (χ3v) is 3.78. The number of hydrogen-bond acceptors (Lipinski definition) is 2. The smallest absolute Gasteiger partial charge is 0.138 e. The Morgan fingerprint density at radius 2 is 1.63 bits per heavy atom. The molecule has 0 bridgehead atoms. The van der Waals surface area contributed by atoms with Gasteiger partial charge in [-0.2, -0.15) is 0 Å². The molecule has 0 saturated heterocycles. The van der Waals surface area contributed by atoms with Crippen LogP contribution in [0.3, 0.4) is 0 Å². The lowest BCUT2D eigenvalue weighted by atomic mass is 10.00. The molecule has 104 valence electrons. The van der Waals surface area contributed by atoms with Gasteiger partial charge in [0.2, 0.25) is 0 Å². The maximum absolute atomic E-state index is 6.12. The molecule has 0 fully saturated rings. The molecule has 1 aromatic carbocycles. The van der Waals surface area contributed by atoms with E-state index in [1.54, 1.807) is 0 Å². The van der Waals surface area contributed by atoms with Gasteiger partial charge >= 0.3 is 0 Å². The second kappa shape index (κ2) is 4.68. The van der Waals surface area contributed by atoms with Crippen molar-refractivity contribution < 1.29 is 4.42 Å². The topological polar surface area (TPSA) is 25.2 Å². The van der Waals surface area contributed by atoms with Gasteiger partial charge in [0, 0.05) is 10.9 Å². The summed E-state index contributed by atoms with van der Waals surface area (Å²) in [7, 11) is 0. The first-order chi connectivity index (χ1) is 8.70. The van der Waals surface area contributed by atoms with Crippen LogP contribution in [0, 0.1) is 27.7 Å². The second-order valence-electron chi connectivity index (χ2n) is 6.59. The zero-order chi connectivity index (χ0) is 14.4. The quantitative estimate of drug-likeness (QED) is 0.855. The Hall–Kier alpha value is -1.28. The van der Waals surface area contributed by atoms with Crippen LogP contribution in [0.15, 0.2) is 10.5 Å². The normalized spacial score (nSPS) is 12.4. The summed E-state index contributed by atoms with van der Waals surface area (Å²) < 4.78 is 6.12. The Kier molecular flexibility index (Phi) is 3.48. The van der Waals surface area contributed by atoms with Crippen molar-refractivity contribution in [1.29, 1.82) is 0 Å². The van der Waals surface area contributed by atoms with Crippen LogP contribution in [-0.2, 0) is 6.54 Å². The van der Waals surface area contributed by atoms with E-state index >= 15 is 0 Å². The van der Waals surface area contributed by atoms with Crippen LogP contribution in [0.1, 0.15) is 48.8 Å². The van der Waals surface area contributed by atoms with Gasteiger partial charge < -0.3 is 9.73 Å². The van der Waals surface area contributed by atoms with Gasteiger partial charge in [0.1, 0.15) is 11.3 Å². The van der Waals surface area contributed by atoms with E-state index in [4.69, 9.17) is 4.42 Å². The van der Waals surface area contributed by atoms with E-state index in [2.05, 4.69) is 59.8 Å². The third kappa shape index (κ3) is 2.69. The van der Waals surface area contributed by atoms with Crippen molar-refractivity contribution >= 4 is 11.0 Å². The second-order valence-corrected chi connectivity index (χ2v) is 6.59. The highest BCUT2D eigenvalue weighted by Crippen LogP contribution is 2.32. The van der Waals surface area contributed by atoms with Crippen molar-refractivity contribution in [2.75, 3.05) is 0 Å². The molecule has 1 heterocycles. The van der Waals surface area contributed by atoms with E-state index in [1.165, 1.54) is 27.6 Å². The minimum Gasteiger partial charge on any atom is -0.459 e. The Bertz CT molecular complexity index is 614. The molecule has 0 aliphatic heterocycles. The summed E-state index contributed by atoms with van der Waals surface area (Å²) >= 11 is 0. The van der Waals surface area contributed by atoms with E-state index in [9.17, 15) is 0 Å². The number of furan rings is 1. The largest absolute Gasteiger partial charge is 0.459 e. The van der Waals surface area contributed by atoms with Crippen LogP contribution in [0.5, 0.6) is 0 Å². The van der Waals surface area contributed by atoms with E-state index in [-0.39, 0.29) is 5.54 Å². The van der Waals surface area contributed by atoms with Gasteiger partial charge in [-0.05, 0) is 70.7 Å². The van der Waals surface area contributed by atoms with E-state index < -0.39 is 0 Å². The van der Waals surface area contributed by atoms with Crippen LogP contribution >= 0.6 is 0 Å². The van der Waals surface area contributed by atoms with Gasteiger partial charge in [0.15, 0.2) is 0 Å². The fourth-order valence-corrected chi connectivity index (χ4v) is 2.50. The zero-order valence-corrected chi connectivity index (χ0v) is 13.2. The highest BCUT2D eigenvalue weighted by Gasteiger charge is 2.17. The molecule has 1 aromatic heterocycles. The van der Waals surface area contributed by atoms with Crippen molar-refractivity contribution in [1.82, 2.24) is 5.32 Å². The van der Waals surface area contributed by atoms with Crippen molar-refractivity contribution in [3.63, 3.8) is 0 Å². The summed E-state index contributed by atoms with van der Waals surface area (Å²) in [5, 5.41) is 4.79. The molecular weight excluding hydrogens is 234 g/mol. The van der Waals surface area contributed by atoms with Crippen molar-refractivity contribution in [3.8, 4) is 0 Å². The van der Waals surface area contributed by atoms with Gasteiger partial charge in [0.05, 0.1) is 6.54 Å². The molecular formula is C17H25NO. The molecule has 19 heavy (non-hydrogen) atoms. The van der Waals surface area contributed by atoms with Crippen LogP contribution < -0.4 is 5.32 Å². The molecule has 0 amide bonds. The first kappa shape index (κ1) is 14.1. The first-order valence-electron chi connectivity index (χ1n) is 6.94. The van der Waals surface area contributed by atoms with Crippen LogP contribution in [0.4, 0.5) is 0 Å². The molecule has 2 heteroatoms. The maximum Gasteiger partial charge on any atom is 0.138 e. The highest BCUT2D eigenvalue weighted by atomic mass is 16.3. The van der Waals surface area contributed by atoms with Gasteiger partial charge in [-0.1, -0.05) is 6.07 Å². The molecule has 0 aliphatic rings. The minimum absolute atomic E-state index is 0.103. The van der Waals surface area contributed by atoms with Gasteiger partial charge in [0.25, 0.3) is 0 Å². The summed E-state index contributed by atoms with van der Waals surface area (Å²) in [6.45, 7) is 15.9. The summed E-state index contributed by atoms with van der Waals surface area (Å²) in [6, 6.07) is 2.25. The molecule has 0 spiro atoms. The van der Waals surface area contributed by atoms with E-state index in [0.29, 0.717) is 0 Å². The number of benzene rings is 1. The maximum atomic E-state index is 6.12. The zero-order valence-electron chi connectivity index (χ0n) is 13.2. The lowest BCUT2D eigenvalue weighted by Gasteiger charge is -2.19. The van der Waals surface area contributed by atoms with Crippen LogP contribution in [0.2, 0.25) is 0 Å². The van der Waals surface area contributed by atoms with E-state index in [0.717, 1.165) is 17.9 Å². The monoisotopic (exact) mass is 259 g/mol. The number of fused-ring (bicyclic) bond motifs is 1. The van der Waals surface area contributed by atoms with Crippen molar-refractivity contribution in [3.05, 3.63) is 34.1 Å². The molecule has 2 nitrogen and oxygen atoms in total.